The van der Waals surface area contributed by atoms with Crippen LogP contribution in [0.2, 0.25) is 0 Å². The smallest absolute Gasteiger partial charge is 0.308 e. The lowest BCUT2D eigenvalue weighted by molar-refractivity contribution is -0.143. The average Bonchev–Trinajstić information content (AvgIpc) is 2.88. The van der Waals surface area contributed by atoms with Crippen LogP contribution in [0.5, 0.6) is 0 Å². The summed E-state index contributed by atoms with van der Waals surface area (Å²) in [6.45, 7) is 4.13. The van der Waals surface area contributed by atoms with E-state index in [1.807, 2.05) is 37.3 Å². The molecule has 0 radical (unpaired) electrons. The molecule has 2 aromatic rings. The molecule has 1 N–H and O–H groups in total. The highest BCUT2D eigenvalue weighted by Crippen LogP contribution is 2.42. The molecule has 0 saturated carbocycles. The third kappa shape index (κ3) is 7.83. The van der Waals surface area contributed by atoms with E-state index in [2.05, 4.69) is 6.92 Å². The van der Waals surface area contributed by atoms with Crippen molar-refractivity contribution in [1.29, 1.82) is 0 Å². The molecule has 2 aromatic carbocycles. The number of thioether (sulfide) groups is 1. The Balaban J connectivity index is 1.72. The second-order valence-electron chi connectivity index (χ2n) is 9.88. The number of sulfonamides is 1. The fraction of sp³-hybridized carbons (Fsp3) is 0.552. The molecule has 1 fully saturated rings. The number of benzene rings is 2. The molecule has 0 aliphatic carbocycles. The summed E-state index contributed by atoms with van der Waals surface area (Å²) in [5.74, 6) is -0.737. The molecule has 0 amide bonds. The van der Waals surface area contributed by atoms with E-state index in [4.69, 9.17) is 0 Å². The summed E-state index contributed by atoms with van der Waals surface area (Å²) in [4.78, 5) is 12.5. The van der Waals surface area contributed by atoms with Crippen LogP contribution >= 0.6 is 11.8 Å². The highest BCUT2D eigenvalue weighted by molar-refractivity contribution is 7.99. The zero-order chi connectivity index (χ0) is 26.0. The van der Waals surface area contributed by atoms with Crippen molar-refractivity contribution >= 4 is 27.8 Å². The molecule has 7 heteroatoms. The van der Waals surface area contributed by atoms with Gasteiger partial charge in [-0.2, -0.15) is 16.1 Å². The first-order valence-electron chi connectivity index (χ1n) is 13.3. The molecule has 1 aliphatic rings. The van der Waals surface area contributed by atoms with Crippen molar-refractivity contribution in [3.8, 4) is 0 Å². The topological polar surface area (TPSA) is 74.7 Å². The van der Waals surface area contributed by atoms with E-state index < -0.39 is 21.9 Å². The van der Waals surface area contributed by atoms with Gasteiger partial charge in [0.2, 0.25) is 10.0 Å². The van der Waals surface area contributed by atoms with Crippen molar-refractivity contribution < 1.29 is 18.3 Å². The summed E-state index contributed by atoms with van der Waals surface area (Å²) < 4.78 is 28.8. The van der Waals surface area contributed by atoms with Crippen LogP contribution in [0.3, 0.4) is 0 Å². The van der Waals surface area contributed by atoms with Gasteiger partial charge in [-0.25, -0.2) is 8.42 Å². The van der Waals surface area contributed by atoms with Crippen LogP contribution in [0.1, 0.15) is 81.9 Å². The maximum Gasteiger partial charge on any atom is 0.308 e. The normalized spacial score (nSPS) is 20.9. The quantitative estimate of drug-likeness (QED) is 0.264. The summed E-state index contributed by atoms with van der Waals surface area (Å²) in [5.41, 5.74) is 1.89. The Bertz CT molecular complexity index is 1040. The zero-order valence-electron chi connectivity index (χ0n) is 21.6. The van der Waals surface area contributed by atoms with Gasteiger partial charge in [0.25, 0.3) is 0 Å². The first-order valence-corrected chi connectivity index (χ1v) is 15.8. The molecule has 198 valence electrons. The first-order chi connectivity index (χ1) is 17.3. The molecular weight excluding hydrogens is 490 g/mol. The van der Waals surface area contributed by atoms with E-state index in [0.29, 0.717) is 6.42 Å². The minimum Gasteiger partial charge on any atom is -0.481 e. The minimum atomic E-state index is -3.85. The third-order valence-corrected chi connectivity index (χ3v) is 10.4. The highest BCUT2D eigenvalue weighted by atomic mass is 32.2. The van der Waals surface area contributed by atoms with Gasteiger partial charge in [-0.3, -0.25) is 4.79 Å². The first kappa shape index (κ1) is 28.7. The Morgan fingerprint density at radius 2 is 1.56 bits per heavy atom. The van der Waals surface area contributed by atoms with Gasteiger partial charge in [0.15, 0.2) is 0 Å². The van der Waals surface area contributed by atoms with Gasteiger partial charge in [0.1, 0.15) is 0 Å². The lowest BCUT2D eigenvalue weighted by Crippen LogP contribution is -2.49. The van der Waals surface area contributed by atoms with E-state index in [-0.39, 0.29) is 22.7 Å². The minimum absolute atomic E-state index is 0.0137. The van der Waals surface area contributed by atoms with Crippen LogP contribution in [0, 0.1) is 12.8 Å². The van der Waals surface area contributed by atoms with Gasteiger partial charge < -0.3 is 5.11 Å². The SMILES string of the molecule is CCCCCCCCCCS[C@@H]1C[C@@H](c2ccccc2)N(S(=O)(=O)c2ccc(C)cc2)C[C@H]1C(=O)O. The van der Waals surface area contributed by atoms with Crippen LogP contribution in [0.15, 0.2) is 59.5 Å². The van der Waals surface area contributed by atoms with Crippen LogP contribution < -0.4 is 0 Å². The van der Waals surface area contributed by atoms with Crippen molar-refractivity contribution in [1.82, 2.24) is 4.31 Å². The lowest BCUT2D eigenvalue weighted by Gasteiger charge is -2.41. The molecule has 1 aliphatic heterocycles. The van der Waals surface area contributed by atoms with Crippen molar-refractivity contribution in [2.75, 3.05) is 12.3 Å². The zero-order valence-corrected chi connectivity index (χ0v) is 23.3. The fourth-order valence-electron chi connectivity index (χ4n) is 4.92. The molecule has 0 bridgehead atoms. The maximum atomic E-state index is 13.7. The molecule has 36 heavy (non-hydrogen) atoms. The van der Waals surface area contributed by atoms with E-state index in [0.717, 1.165) is 23.3 Å². The van der Waals surface area contributed by atoms with Gasteiger partial charge in [-0.15, -0.1) is 0 Å². The Kier molecular flexibility index (Phi) is 11.3. The number of carboxylic acid groups (broad SMARTS) is 1. The summed E-state index contributed by atoms with van der Waals surface area (Å²) in [6, 6.07) is 16.1. The summed E-state index contributed by atoms with van der Waals surface area (Å²) in [5, 5.41) is 9.94. The maximum absolute atomic E-state index is 13.7. The number of carbonyl (C=O) groups is 1. The molecular formula is C29H41NO4S2. The van der Waals surface area contributed by atoms with Crippen molar-refractivity contribution in [3.63, 3.8) is 0 Å². The number of aliphatic carboxylic acids is 1. The monoisotopic (exact) mass is 531 g/mol. The van der Waals surface area contributed by atoms with Crippen molar-refractivity contribution in [2.24, 2.45) is 5.92 Å². The molecule has 0 aromatic heterocycles. The molecule has 5 nitrogen and oxygen atoms in total. The Morgan fingerprint density at radius 1 is 0.944 bits per heavy atom. The number of piperidine rings is 1. The molecule has 0 spiro atoms. The van der Waals surface area contributed by atoms with E-state index in [1.165, 1.54) is 49.3 Å². The van der Waals surface area contributed by atoms with Gasteiger partial charge >= 0.3 is 5.97 Å². The molecule has 3 rings (SSSR count). The van der Waals surface area contributed by atoms with Crippen molar-refractivity contribution in [2.45, 2.75) is 87.8 Å². The standard InChI is InChI=1S/C29H41NO4S2/c1-3-4-5-6-7-8-9-13-20-35-28-21-27(24-14-11-10-12-15-24)30(22-26(28)29(31)32)36(33,34)25-18-16-23(2)17-19-25/h10-12,14-19,26-28H,3-9,13,20-22H2,1-2H3,(H,31,32)/t26-,27+,28-/m1/s1. The van der Waals surface area contributed by atoms with Crippen LogP contribution in [-0.4, -0.2) is 41.3 Å². The second-order valence-corrected chi connectivity index (χ2v) is 13.1. The van der Waals surface area contributed by atoms with Gasteiger partial charge in [0.05, 0.1) is 16.9 Å². The van der Waals surface area contributed by atoms with Crippen LogP contribution in [0.25, 0.3) is 0 Å². The number of rotatable bonds is 14. The van der Waals surface area contributed by atoms with Crippen LogP contribution in [-0.2, 0) is 14.8 Å². The number of aryl methyl sites for hydroxylation is 1. The third-order valence-electron chi connectivity index (χ3n) is 7.09. The van der Waals surface area contributed by atoms with Crippen LogP contribution in [0.4, 0.5) is 0 Å². The Morgan fingerprint density at radius 3 is 2.17 bits per heavy atom. The number of nitrogens with zero attached hydrogens (tertiary/aromatic N) is 1. The van der Waals surface area contributed by atoms with E-state index in [1.54, 1.807) is 36.0 Å². The Labute approximate surface area is 221 Å². The average molecular weight is 532 g/mol. The molecule has 0 unspecified atom stereocenters. The van der Waals surface area contributed by atoms with Gasteiger partial charge in [-0.1, -0.05) is 99.9 Å². The predicted octanol–water partition coefficient (Wildman–Crippen LogP) is 7.07. The number of unbranched alkanes of at least 4 members (excludes halogenated alkanes) is 7. The number of hydrogen-bond donors (Lipinski definition) is 1. The van der Waals surface area contributed by atoms with E-state index >= 15 is 0 Å². The number of hydrogen-bond acceptors (Lipinski definition) is 4. The molecule has 1 heterocycles. The fourth-order valence-corrected chi connectivity index (χ4v) is 8.00. The summed E-state index contributed by atoms with van der Waals surface area (Å²) in [7, 11) is -3.85. The molecule has 3 atom stereocenters. The lowest BCUT2D eigenvalue weighted by atomic mass is 9.90. The van der Waals surface area contributed by atoms with E-state index in [9.17, 15) is 18.3 Å². The predicted molar refractivity (Wildman–Crippen MR) is 149 cm³/mol. The summed E-state index contributed by atoms with van der Waals surface area (Å²) in [6.07, 6.45) is 10.4. The van der Waals surface area contributed by atoms with Gasteiger partial charge in [-0.05, 0) is 43.2 Å². The van der Waals surface area contributed by atoms with Crippen molar-refractivity contribution in [3.05, 3.63) is 65.7 Å². The number of carboxylic acids is 1. The highest BCUT2D eigenvalue weighted by Gasteiger charge is 2.45. The van der Waals surface area contributed by atoms with Gasteiger partial charge in [0, 0.05) is 11.8 Å². The largest absolute Gasteiger partial charge is 0.481 e. The molecule has 1 saturated heterocycles. The second kappa shape index (κ2) is 14.2. The summed E-state index contributed by atoms with van der Waals surface area (Å²) >= 11 is 1.71. The Hall–Kier alpha value is -1.83.